The first kappa shape index (κ1) is 15.2. The molecule has 0 aliphatic heterocycles. The predicted octanol–water partition coefficient (Wildman–Crippen LogP) is 2.67. The molecule has 0 saturated heterocycles. The molecule has 6 nitrogen and oxygen atoms in total. The average molecular weight is 310 g/mol. The maximum atomic E-state index is 9.65. The Morgan fingerprint density at radius 2 is 1.96 bits per heavy atom. The number of aryl methyl sites for hydroxylation is 1. The smallest absolute Gasteiger partial charge is 0.182 e. The van der Waals surface area contributed by atoms with Gasteiger partial charge in [0.05, 0.1) is 6.61 Å². The first-order valence-electron chi connectivity index (χ1n) is 7.33. The Hall–Kier alpha value is -2.73. The van der Waals surface area contributed by atoms with Gasteiger partial charge in [0.1, 0.15) is 17.3 Å². The number of hydrogen-bond donors (Lipinski definition) is 1. The molecule has 2 aromatic heterocycles. The van der Waals surface area contributed by atoms with Gasteiger partial charge in [-0.15, -0.1) is 10.2 Å². The van der Waals surface area contributed by atoms with Crippen LogP contribution < -0.4 is 0 Å². The zero-order valence-electron chi connectivity index (χ0n) is 13.1. The number of aromatic nitrogens is 4. The number of nitrogens with zero attached hydrogens (tertiary/aromatic N) is 4. The van der Waals surface area contributed by atoms with Gasteiger partial charge in [-0.05, 0) is 42.3 Å². The molecule has 1 N–H and O–H groups in total. The Bertz CT molecular complexity index is 814. The van der Waals surface area contributed by atoms with Gasteiger partial charge in [0.2, 0.25) is 0 Å². The molecule has 1 aromatic carbocycles. The molecule has 0 aliphatic carbocycles. The lowest BCUT2D eigenvalue weighted by atomic mass is 10.1. The third-order valence-corrected chi connectivity index (χ3v) is 3.62. The van der Waals surface area contributed by atoms with E-state index in [1.807, 2.05) is 35.8 Å². The highest BCUT2D eigenvalue weighted by Gasteiger charge is 2.13. The molecule has 3 rings (SSSR count). The van der Waals surface area contributed by atoms with Crippen LogP contribution in [-0.2, 0) is 11.3 Å². The van der Waals surface area contributed by atoms with Crippen LogP contribution in [0.5, 0.6) is 5.75 Å². The van der Waals surface area contributed by atoms with Crippen molar-refractivity contribution in [1.29, 1.82) is 0 Å². The van der Waals surface area contributed by atoms with Crippen molar-refractivity contribution in [3.05, 3.63) is 48.4 Å². The molecule has 0 unspecified atom stereocenters. The molecule has 6 heteroatoms. The molecule has 2 heterocycles. The Balaban J connectivity index is 2.00. The lowest BCUT2D eigenvalue weighted by Gasteiger charge is -2.09. The quantitative estimate of drug-likeness (QED) is 0.784. The maximum Gasteiger partial charge on any atom is 0.182 e. The number of phenolic OH excluding ortho intramolecular Hbond substituents is 1. The molecule has 23 heavy (non-hydrogen) atoms. The van der Waals surface area contributed by atoms with Gasteiger partial charge in [0.25, 0.3) is 0 Å². The topological polar surface area (TPSA) is 73.1 Å². The Morgan fingerprint density at radius 1 is 1.13 bits per heavy atom. The number of methoxy groups -OCH3 is 1. The van der Waals surface area contributed by atoms with Crippen molar-refractivity contribution in [1.82, 2.24) is 19.7 Å². The van der Waals surface area contributed by atoms with Gasteiger partial charge in [-0.1, -0.05) is 12.1 Å². The fourth-order valence-electron chi connectivity index (χ4n) is 2.44. The fraction of sp³-hybridized carbons (Fsp3) is 0.235. The second-order valence-corrected chi connectivity index (χ2v) is 5.20. The van der Waals surface area contributed by atoms with Crippen LogP contribution in [0.1, 0.15) is 5.82 Å². The molecule has 0 atom stereocenters. The standard InChI is InChI=1S/C17H18N4O2/c1-12-19-20-17(21(12)8-9-23-2)16-11-14(6-7-18-16)13-4-3-5-15(22)10-13/h3-7,10-11,22H,8-9H2,1-2H3. The lowest BCUT2D eigenvalue weighted by Crippen LogP contribution is -2.08. The molecule has 118 valence electrons. The van der Waals surface area contributed by atoms with E-state index in [1.54, 1.807) is 25.4 Å². The monoisotopic (exact) mass is 310 g/mol. The molecule has 3 aromatic rings. The highest BCUT2D eigenvalue weighted by atomic mass is 16.5. The number of rotatable bonds is 5. The van der Waals surface area contributed by atoms with E-state index in [-0.39, 0.29) is 5.75 Å². The van der Waals surface area contributed by atoms with E-state index in [2.05, 4.69) is 15.2 Å². The van der Waals surface area contributed by atoms with Crippen LogP contribution >= 0.6 is 0 Å². The van der Waals surface area contributed by atoms with Gasteiger partial charge in [-0.3, -0.25) is 4.98 Å². The summed E-state index contributed by atoms with van der Waals surface area (Å²) >= 11 is 0. The predicted molar refractivity (Wildman–Crippen MR) is 87.0 cm³/mol. The molecule has 0 saturated carbocycles. The molecule has 0 radical (unpaired) electrons. The van der Waals surface area contributed by atoms with Gasteiger partial charge >= 0.3 is 0 Å². The normalized spacial score (nSPS) is 10.9. The van der Waals surface area contributed by atoms with Gasteiger partial charge in [0, 0.05) is 19.9 Å². The van der Waals surface area contributed by atoms with E-state index in [0.29, 0.717) is 19.0 Å². The van der Waals surface area contributed by atoms with Crippen molar-refractivity contribution in [2.45, 2.75) is 13.5 Å². The highest BCUT2D eigenvalue weighted by Crippen LogP contribution is 2.26. The summed E-state index contributed by atoms with van der Waals surface area (Å²) in [6.45, 7) is 3.16. The van der Waals surface area contributed by atoms with Crippen LogP contribution in [0.4, 0.5) is 0 Å². The van der Waals surface area contributed by atoms with Gasteiger partial charge in [-0.2, -0.15) is 0 Å². The van der Waals surface area contributed by atoms with E-state index >= 15 is 0 Å². The number of pyridine rings is 1. The van der Waals surface area contributed by atoms with Crippen LogP contribution in [0.2, 0.25) is 0 Å². The van der Waals surface area contributed by atoms with Crippen molar-refractivity contribution < 1.29 is 9.84 Å². The summed E-state index contributed by atoms with van der Waals surface area (Å²) in [6.07, 6.45) is 1.74. The van der Waals surface area contributed by atoms with Crippen LogP contribution in [-0.4, -0.2) is 38.6 Å². The van der Waals surface area contributed by atoms with Crippen molar-refractivity contribution >= 4 is 0 Å². The summed E-state index contributed by atoms with van der Waals surface area (Å²) in [7, 11) is 1.67. The van der Waals surface area contributed by atoms with E-state index in [0.717, 1.165) is 22.6 Å². The number of aromatic hydroxyl groups is 1. The minimum Gasteiger partial charge on any atom is -0.508 e. The van der Waals surface area contributed by atoms with Crippen LogP contribution in [0.25, 0.3) is 22.6 Å². The van der Waals surface area contributed by atoms with E-state index in [4.69, 9.17) is 4.74 Å². The highest BCUT2D eigenvalue weighted by molar-refractivity contribution is 5.69. The molecule has 0 spiro atoms. The van der Waals surface area contributed by atoms with Crippen LogP contribution in [0, 0.1) is 6.92 Å². The number of benzene rings is 1. The largest absolute Gasteiger partial charge is 0.508 e. The second-order valence-electron chi connectivity index (χ2n) is 5.20. The SMILES string of the molecule is COCCn1c(C)nnc1-c1cc(-c2cccc(O)c2)ccn1. The third-order valence-electron chi connectivity index (χ3n) is 3.62. The van der Waals surface area contributed by atoms with E-state index in [1.165, 1.54) is 0 Å². The molecular weight excluding hydrogens is 292 g/mol. The Labute approximate surface area is 134 Å². The lowest BCUT2D eigenvalue weighted by molar-refractivity contribution is 0.187. The van der Waals surface area contributed by atoms with Gasteiger partial charge in [-0.25, -0.2) is 0 Å². The average Bonchev–Trinajstić information content (AvgIpc) is 2.94. The third kappa shape index (κ3) is 3.22. The van der Waals surface area contributed by atoms with Gasteiger partial charge < -0.3 is 14.4 Å². The number of hydrogen-bond acceptors (Lipinski definition) is 5. The Morgan fingerprint density at radius 3 is 2.74 bits per heavy atom. The van der Waals surface area contributed by atoms with Crippen molar-refractivity contribution in [2.24, 2.45) is 0 Å². The molecule has 0 bridgehead atoms. The van der Waals surface area contributed by atoms with Crippen molar-refractivity contribution in [2.75, 3.05) is 13.7 Å². The number of ether oxygens (including phenoxy) is 1. The Kier molecular flexibility index (Phi) is 4.34. The van der Waals surface area contributed by atoms with E-state index in [9.17, 15) is 5.11 Å². The van der Waals surface area contributed by atoms with Crippen molar-refractivity contribution in [3.8, 4) is 28.4 Å². The summed E-state index contributed by atoms with van der Waals surface area (Å²) in [5, 5.41) is 18.0. The summed E-state index contributed by atoms with van der Waals surface area (Å²) in [5.41, 5.74) is 2.63. The molecule has 0 fully saturated rings. The van der Waals surface area contributed by atoms with Crippen LogP contribution in [0.15, 0.2) is 42.6 Å². The maximum absolute atomic E-state index is 9.65. The second kappa shape index (κ2) is 6.58. The molecule has 0 aliphatic rings. The zero-order valence-corrected chi connectivity index (χ0v) is 13.1. The minimum atomic E-state index is 0.236. The summed E-state index contributed by atoms with van der Waals surface area (Å²) in [6, 6.07) is 11.0. The fourth-order valence-corrected chi connectivity index (χ4v) is 2.44. The summed E-state index contributed by atoms with van der Waals surface area (Å²) < 4.78 is 7.13. The van der Waals surface area contributed by atoms with Gasteiger partial charge in [0.15, 0.2) is 5.82 Å². The minimum absolute atomic E-state index is 0.236. The number of phenols is 1. The first-order chi connectivity index (χ1) is 11.2. The summed E-state index contributed by atoms with van der Waals surface area (Å²) in [4.78, 5) is 4.41. The van der Waals surface area contributed by atoms with E-state index < -0.39 is 0 Å². The van der Waals surface area contributed by atoms with Crippen molar-refractivity contribution in [3.63, 3.8) is 0 Å². The molecule has 0 amide bonds. The summed E-state index contributed by atoms with van der Waals surface area (Å²) in [5.74, 6) is 1.77. The first-order valence-corrected chi connectivity index (χ1v) is 7.33. The van der Waals surface area contributed by atoms with Crippen LogP contribution in [0.3, 0.4) is 0 Å². The molecular formula is C17H18N4O2. The zero-order chi connectivity index (χ0) is 16.2.